The Morgan fingerprint density at radius 2 is 1.61 bits per heavy atom. The molecule has 0 aliphatic heterocycles. The standard InChI is InChI=1S/C22H15F6N3O2/c1-12-16(8-9-33-12)20(32)29-19-17-7-6-15(22(26,27)28)10-18(17)31(30-19)11-13-2-4-14(5-3-13)21(23,24)25/h2-10H,11H2,1H3,(H,29,30,32). The minimum absolute atomic E-state index is 0.0104. The molecule has 0 aliphatic rings. The van der Waals surface area contributed by atoms with E-state index < -0.39 is 29.4 Å². The van der Waals surface area contributed by atoms with Crippen LogP contribution in [-0.2, 0) is 18.9 Å². The first-order valence-electron chi connectivity index (χ1n) is 9.53. The van der Waals surface area contributed by atoms with E-state index in [0.29, 0.717) is 11.3 Å². The van der Waals surface area contributed by atoms with E-state index in [1.807, 2.05) is 0 Å². The van der Waals surface area contributed by atoms with Crippen molar-refractivity contribution in [2.24, 2.45) is 0 Å². The van der Waals surface area contributed by atoms with Crippen molar-refractivity contribution in [1.82, 2.24) is 9.78 Å². The number of fused-ring (bicyclic) bond motifs is 1. The number of anilines is 1. The van der Waals surface area contributed by atoms with Crippen LogP contribution in [-0.4, -0.2) is 15.7 Å². The summed E-state index contributed by atoms with van der Waals surface area (Å²) in [6, 6.07) is 8.57. The highest BCUT2D eigenvalue weighted by molar-refractivity contribution is 6.08. The summed E-state index contributed by atoms with van der Waals surface area (Å²) < 4.78 is 84.5. The maximum absolute atomic E-state index is 13.3. The summed E-state index contributed by atoms with van der Waals surface area (Å²) in [5.74, 6) is -0.209. The Morgan fingerprint density at radius 1 is 0.970 bits per heavy atom. The fourth-order valence-electron chi connectivity index (χ4n) is 3.33. The number of carbonyl (C=O) groups is 1. The van der Waals surface area contributed by atoms with Crippen molar-refractivity contribution >= 4 is 22.6 Å². The van der Waals surface area contributed by atoms with Gasteiger partial charge in [-0.3, -0.25) is 9.48 Å². The lowest BCUT2D eigenvalue weighted by molar-refractivity contribution is -0.138. The number of nitrogens with one attached hydrogen (secondary N) is 1. The molecule has 2 aromatic carbocycles. The molecule has 33 heavy (non-hydrogen) atoms. The Bertz CT molecular complexity index is 1320. The number of nitrogens with zero attached hydrogens (tertiary/aromatic N) is 2. The van der Waals surface area contributed by atoms with Gasteiger partial charge in [0.05, 0.1) is 35.0 Å². The van der Waals surface area contributed by atoms with E-state index in [1.165, 1.54) is 35.2 Å². The average molecular weight is 467 g/mol. The number of hydrogen-bond donors (Lipinski definition) is 1. The first-order chi connectivity index (χ1) is 15.4. The van der Waals surface area contributed by atoms with E-state index in [4.69, 9.17) is 4.42 Å². The van der Waals surface area contributed by atoms with E-state index >= 15 is 0 Å². The van der Waals surface area contributed by atoms with Gasteiger partial charge in [0.2, 0.25) is 0 Å². The number of aromatic nitrogens is 2. The molecule has 0 aliphatic carbocycles. The first kappa shape index (κ1) is 22.4. The Morgan fingerprint density at radius 3 is 2.18 bits per heavy atom. The van der Waals surface area contributed by atoms with Gasteiger partial charge in [-0.1, -0.05) is 12.1 Å². The summed E-state index contributed by atoms with van der Waals surface area (Å²) in [5.41, 5.74) is -1.10. The van der Waals surface area contributed by atoms with Gasteiger partial charge in [0, 0.05) is 5.39 Å². The molecule has 11 heteroatoms. The van der Waals surface area contributed by atoms with Crippen molar-refractivity contribution < 1.29 is 35.6 Å². The van der Waals surface area contributed by atoms with Gasteiger partial charge in [0.25, 0.3) is 5.91 Å². The Labute approximate surface area is 182 Å². The fraction of sp³-hybridized carbons (Fsp3) is 0.182. The second-order valence-corrected chi connectivity index (χ2v) is 7.28. The van der Waals surface area contributed by atoms with E-state index in [2.05, 4.69) is 10.4 Å². The molecule has 0 unspecified atom stereocenters. The number of furan rings is 1. The Balaban J connectivity index is 1.74. The number of aryl methyl sites for hydroxylation is 1. The molecule has 0 spiro atoms. The maximum Gasteiger partial charge on any atom is 0.416 e. The summed E-state index contributed by atoms with van der Waals surface area (Å²) in [4.78, 5) is 12.6. The number of rotatable bonds is 4. The lowest BCUT2D eigenvalue weighted by atomic mass is 10.1. The molecule has 1 amide bonds. The lowest BCUT2D eigenvalue weighted by Gasteiger charge is -2.09. The van der Waals surface area contributed by atoms with Crippen LogP contribution >= 0.6 is 0 Å². The zero-order chi connectivity index (χ0) is 24.0. The molecule has 0 fully saturated rings. The molecule has 1 N–H and O–H groups in total. The smallest absolute Gasteiger partial charge is 0.416 e. The van der Waals surface area contributed by atoms with Gasteiger partial charge in [0.15, 0.2) is 5.82 Å². The highest BCUT2D eigenvalue weighted by Crippen LogP contribution is 2.34. The summed E-state index contributed by atoms with van der Waals surface area (Å²) in [6.07, 6.45) is -7.81. The van der Waals surface area contributed by atoms with Gasteiger partial charge in [-0.2, -0.15) is 31.4 Å². The summed E-state index contributed by atoms with van der Waals surface area (Å²) in [5, 5.41) is 7.02. The van der Waals surface area contributed by atoms with Crippen molar-refractivity contribution in [2.45, 2.75) is 25.8 Å². The molecule has 2 heterocycles. The van der Waals surface area contributed by atoms with Crippen LogP contribution in [0.2, 0.25) is 0 Å². The minimum Gasteiger partial charge on any atom is -0.469 e. The van der Waals surface area contributed by atoms with Gasteiger partial charge in [-0.15, -0.1) is 0 Å². The molecule has 4 aromatic rings. The maximum atomic E-state index is 13.3. The van der Waals surface area contributed by atoms with E-state index in [0.717, 1.165) is 24.3 Å². The summed E-state index contributed by atoms with van der Waals surface area (Å²) in [6.45, 7) is 1.46. The Hall–Kier alpha value is -3.76. The third-order valence-electron chi connectivity index (χ3n) is 5.03. The second-order valence-electron chi connectivity index (χ2n) is 7.28. The average Bonchev–Trinajstić information content (AvgIpc) is 3.30. The fourth-order valence-corrected chi connectivity index (χ4v) is 3.33. The lowest BCUT2D eigenvalue weighted by Crippen LogP contribution is -2.13. The molecule has 0 bridgehead atoms. The zero-order valence-corrected chi connectivity index (χ0v) is 16.9. The van der Waals surface area contributed by atoms with Crippen LogP contribution in [0.5, 0.6) is 0 Å². The summed E-state index contributed by atoms with van der Waals surface area (Å²) in [7, 11) is 0. The van der Waals surface area contributed by atoms with Crippen molar-refractivity contribution in [3.63, 3.8) is 0 Å². The third-order valence-corrected chi connectivity index (χ3v) is 5.03. The second kappa shape index (κ2) is 7.98. The molecule has 4 rings (SSSR count). The normalized spacial score (nSPS) is 12.3. The number of alkyl halides is 6. The quantitative estimate of drug-likeness (QED) is 0.360. The van der Waals surface area contributed by atoms with Gasteiger partial charge < -0.3 is 9.73 Å². The topological polar surface area (TPSA) is 60.1 Å². The largest absolute Gasteiger partial charge is 0.469 e. The van der Waals surface area contributed by atoms with Crippen molar-refractivity contribution in [2.75, 3.05) is 5.32 Å². The van der Waals surface area contributed by atoms with Crippen molar-refractivity contribution in [1.29, 1.82) is 0 Å². The predicted octanol–water partition coefficient (Wildman–Crippen LogP) is 6.28. The third kappa shape index (κ3) is 4.57. The highest BCUT2D eigenvalue weighted by Gasteiger charge is 2.32. The van der Waals surface area contributed by atoms with Crippen LogP contribution in [0, 0.1) is 6.92 Å². The molecular formula is C22H15F6N3O2. The van der Waals surface area contributed by atoms with Crippen molar-refractivity contribution in [3.8, 4) is 0 Å². The monoisotopic (exact) mass is 467 g/mol. The number of halogens is 6. The predicted molar refractivity (Wildman–Crippen MR) is 107 cm³/mol. The van der Waals surface area contributed by atoms with Crippen LogP contribution in [0.4, 0.5) is 32.2 Å². The van der Waals surface area contributed by atoms with Crippen LogP contribution in [0.15, 0.2) is 59.2 Å². The molecule has 0 radical (unpaired) electrons. The molecule has 0 saturated heterocycles. The molecule has 172 valence electrons. The van der Waals surface area contributed by atoms with E-state index in [1.54, 1.807) is 6.92 Å². The molecule has 0 atom stereocenters. The number of carbonyl (C=O) groups excluding carboxylic acids is 1. The van der Waals surface area contributed by atoms with E-state index in [9.17, 15) is 31.1 Å². The minimum atomic E-state index is -4.62. The number of amides is 1. The molecule has 5 nitrogen and oxygen atoms in total. The van der Waals surface area contributed by atoms with Crippen LogP contribution in [0.1, 0.15) is 32.8 Å². The SMILES string of the molecule is Cc1occc1C(=O)Nc1nn(Cc2ccc(C(F)(F)F)cc2)c2cc(C(F)(F)F)ccc12. The van der Waals surface area contributed by atoms with Crippen molar-refractivity contribution in [3.05, 3.63) is 82.8 Å². The van der Waals surface area contributed by atoms with Crippen LogP contribution in [0.25, 0.3) is 10.9 Å². The van der Waals surface area contributed by atoms with Gasteiger partial charge in [-0.25, -0.2) is 0 Å². The first-order valence-corrected chi connectivity index (χ1v) is 9.53. The summed E-state index contributed by atoms with van der Waals surface area (Å²) >= 11 is 0. The molecule has 0 saturated carbocycles. The molecule has 2 aromatic heterocycles. The van der Waals surface area contributed by atoms with Crippen LogP contribution in [0.3, 0.4) is 0 Å². The van der Waals surface area contributed by atoms with Gasteiger partial charge >= 0.3 is 12.4 Å². The van der Waals surface area contributed by atoms with Gasteiger partial charge in [-0.05, 0) is 48.9 Å². The number of benzene rings is 2. The zero-order valence-electron chi connectivity index (χ0n) is 16.9. The highest BCUT2D eigenvalue weighted by atomic mass is 19.4. The Kier molecular flexibility index (Phi) is 5.43. The van der Waals surface area contributed by atoms with Crippen LogP contribution < -0.4 is 5.32 Å². The van der Waals surface area contributed by atoms with Gasteiger partial charge in [0.1, 0.15) is 5.76 Å². The number of hydrogen-bond acceptors (Lipinski definition) is 3. The van der Waals surface area contributed by atoms with E-state index in [-0.39, 0.29) is 28.8 Å². The molecular weight excluding hydrogens is 452 g/mol.